The maximum Gasteiger partial charge on any atom is 0.338 e. The average Bonchev–Trinajstić information content (AvgIpc) is 2.73. The van der Waals surface area contributed by atoms with Gasteiger partial charge in [0.15, 0.2) is 0 Å². The lowest BCUT2D eigenvalue weighted by Gasteiger charge is -2.28. The number of rotatable bonds is 5. The quantitative estimate of drug-likeness (QED) is 0.723. The summed E-state index contributed by atoms with van der Waals surface area (Å²) in [5.41, 5.74) is 9.78. The normalized spacial score (nSPS) is 15.9. The van der Waals surface area contributed by atoms with Crippen molar-refractivity contribution in [3.05, 3.63) is 87.3 Å². The first-order chi connectivity index (χ1) is 14.8. The summed E-state index contributed by atoms with van der Waals surface area (Å²) in [6.07, 6.45) is 0. The van der Waals surface area contributed by atoms with Gasteiger partial charge in [0.05, 0.1) is 18.6 Å². The monoisotopic (exact) mass is 422 g/mol. The number of ether oxygens (including phenoxy) is 3. The molecule has 2 N–H and O–H groups in total. The van der Waals surface area contributed by atoms with E-state index in [9.17, 15) is 14.4 Å². The molecule has 0 aliphatic carbocycles. The first-order valence-electron chi connectivity index (χ1n) is 9.61. The molecule has 6 nitrogen and oxygen atoms in total. The summed E-state index contributed by atoms with van der Waals surface area (Å²) in [6, 6.07) is 11.7. The summed E-state index contributed by atoms with van der Waals surface area (Å²) in [4.78, 5) is 12.5. The Morgan fingerprint density at radius 3 is 2.48 bits per heavy atom. The lowest BCUT2D eigenvalue weighted by molar-refractivity contribution is -0.136. The number of carbonyl (C=O) groups is 1. The van der Waals surface area contributed by atoms with E-state index in [0.29, 0.717) is 5.75 Å². The number of hydrogen-bond acceptors (Lipinski definition) is 6. The minimum atomic E-state index is -0.726. The van der Waals surface area contributed by atoms with Gasteiger partial charge in [-0.25, -0.2) is 9.18 Å². The van der Waals surface area contributed by atoms with Crippen molar-refractivity contribution in [3.63, 3.8) is 0 Å². The van der Waals surface area contributed by atoms with E-state index < -0.39 is 11.9 Å². The second-order valence-corrected chi connectivity index (χ2v) is 7.26. The van der Waals surface area contributed by atoms with Gasteiger partial charge in [-0.1, -0.05) is 12.1 Å². The van der Waals surface area contributed by atoms with Crippen LogP contribution in [0.1, 0.15) is 35.1 Å². The largest absolute Gasteiger partial charge is 0.489 e. The zero-order chi connectivity index (χ0) is 22.7. The Labute approximate surface area is 180 Å². The van der Waals surface area contributed by atoms with E-state index in [1.165, 1.54) is 19.2 Å². The van der Waals surface area contributed by atoms with Crippen molar-refractivity contribution in [2.75, 3.05) is 7.11 Å². The molecule has 7 heteroatoms. The molecule has 0 bridgehead atoms. The minimum Gasteiger partial charge on any atom is -0.489 e. The molecule has 1 aliphatic rings. The van der Waals surface area contributed by atoms with Crippen LogP contribution in [0, 0.1) is 31.0 Å². The molecule has 0 spiro atoms. The summed E-state index contributed by atoms with van der Waals surface area (Å²) < 4.78 is 29.3. The number of nitriles is 1. The van der Waals surface area contributed by atoms with Gasteiger partial charge in [0.2, 0.25) is 5.88 Å². The molecule has 1 atom stereocenters. The van der Waals surface area contributed by atoms with Crippen molar-refractivity contribution in [2.45, 2.75) is 33.3 Å². The predicted octanol–water partition coefficient (Wildman–Crippen LogP) is 4.28. The number of hydrogen-bond donors (Lipinski definition) is 1. The van der Waals surface area contributed by atoms with Crippen molar-refractivity contribution in [2.24, 2.45) is 5.73 Å². The highest BCUT2D eigenvalue weighted by Crippen LogP contribution is 2.41. The van der Waals surface area contributed by atoms with Gasteiger partial charge in [-0.05, 0) is 67.3 Å². The van der Waals surface area contributed by atoms with E-state index in [1.54, 1.807) is 19.1 Å². The molecule has 1 heterocycles. The second-order valence-electron chi connectivity index (χ2n) is 7.26. The van der Waals surface area contributed by atoms with Gasteiger partial charge in [-0.3, -0.25) is 0 Å². The van der Waals surface area contributed by atoms with E-state index in [-0.39, 0.29) is 35.2 Å². The number of nitrogens with zero attached hydrogens (tertiary/aromatic N) is 1. The highest BCUT2D eigenvalue weighted by Gasteiger charge is 2.37. The van der Waals surface area contributed by atoms with Crippen molar-refractivity contribution in [1.82, 2.24) is 0 Å². The van der Waals surface area contributed by atoms with Gasteiger partial charge < -0.3 is 19.9 Å². The van der Waals surface area contributed by atoms with Crippen LogP contribution < -0.4 is 10.5 Å². The Morgan fingerprint density at radius 2 is 1.87 bits per heavy atom. The number of halogens is 1. The highest BCUT2D eigenvalue weighted by atomic mass is 19.1. The summed E-state index contributed by atoms with van der Waals surface area (Å²) in [5.74, 6) is -0.879. The van der Waals surface area contributed by atoms with Gasteiger partial charge in [-0.2, -0.15) is 5.26 Å². The molecule has 0 aromatic heterocycles. The van der Waals surface area contributed by atoms with Crippen LogP contribution in [0.25, 0.3) is 0 Å². The Kier molecular flexibility index (Phi) is 6.30. The van der Waals surface area contributed by atoms with Gasteiger partial charge in [0.1, 0.15) is 35.6 Å². The van der Waals surface area contributed by atoms with Gasteiger partial charge in [0, 0.05) is 0 Å². The summed E-state index contributed by atoms with van der Waals surface area (Å²) >= 11 is 0. The number of methoxy groups -OCH3 is 1. The van der Waals surface area contributed by atoms with Crippen LogP contribution in [0.4, 0.5) is 4.39 Å². The molecule has 0 amide bonds. The number of allylic oxidation sites excluding steroid dienone is 2. The Balaban J connectivity index is 2.06. The molecule has 3 rings (SSSR count). The maximum atomic E-state index is 13.1. The van der Waals surface area contributed by atoms with Crippen LogP contribution in [-0.2, 0) is 20.9 Å². The summed E-state index contributed by atoms with van der Waals surface area (Å²) in [5, 5.41) is 9.74. The third-order valence-corrected chi connectivity index (χ3v) is 5.25. The van der Waals surface area contributed by atoms with E-state index >= 15 is 0 Å². The topological polar surface area (TPSA) is 94.6 Å². The minimum absolute atomic E-state index is 0.0401. The van der Waals surface area contributed by atoms with Gasteiger partial charge >= 0.3 is 5.97 Å². The van der Waals surface area contributed by atoms with Crippen molar-refractivity contribution < 1.29 is 23.4 Å². The van der Waals surface area contributed by atoms with E-state index in [2.05, 4.69) is 6.07 Å². The number of benzene rings is 2. The Bertz CT molecular complexity index is 1130. The standard InChI is InChI=1S/C24H23FN2O4/c1-13-9-14(2)19(10-16(13)12-30-18-7-5-17(25)6-8-18)22-20(11-26)23(27)31-15(3)21(22)24(28)29-4/h5-10,22H,12,27H2,1-4H3/t22-/m0/s1. The van der Waals surface area contributed by atoms with Gasteiger partial charge in [-0.15, -0.1) is 0 Å². The first-order valence-corrected chi connectivity index (χ1v) is 9.61. The number of carbonyl (C=O) groups excluding carboxylic acids is 1. The zero-order valence-electron chi connectivity index (χ0n) is 17.8. The molecular formula is C24H23FN2O4. The molecule has 2 aromatic rings. The third kappa shape index (κ3) is 4.38. The van der Waals surface area contributed by atoms with Crippen LogP contribution >= 0.6 is 0 Å². The molecule has 31 heavy (non-hydrogen) atoms. The summed E-state index contributed by atoms with van der Waals surface area (Å²) in [6.45, 7) is 5.69. The molecule has 160 valence electrons. The maximum absolute atomic E-state index is 13.1. The van der Waals surface area contributed by atoms with E-state index in [1.807, 2.05) is 26.0 Å². The number of nitrogens with two attached hydrogens (primary N) is 1. The Hall–Kier alpha value is -3.79. The molecule has 0 radical (unpaired) electrons. The lowest BCUT2D eigenvalue weighted by Crippen LogP contribution is -2.25. The predicted molar refractivity (Wildman–Crippen MR) is 112 cm³/mol. The fraction of sp³-hybridized carbons (Fsp3) is 0.250. The van der Waals surface area contributed by atoms with Crippen LogP contribution in [0.3, 0.4) is 0 Å². The average molecular weight is 422 g/mol. The number of esters is 1. The van der Waals surface area contributed by atoms with Crippen LogP contribution in [0.5, 0.6) is 5.75 Å². The fourth-order valence-electron chi connectivity index (χ4n) is 3.64. The smallest absolute Gasteiger partial charge is 0.338 e. The fourth-order valence-corrected chi connectivity index (χ4v) is 3.64. The molecule has 0 saturated heterocycles. The number of aryl methyl sites for hydroxylation is 2. The summed E-state index contributed by atoms with van der Waals surface area (Å²) in [7, 11) is 1.28. The van der Waals surface area contributed by atoms with Crippen molar-refractivity contribution >= 4 is 5.97 Å². The molecule has 0 fully saturated rings. The first kappa shape index (κ1) is 21.9. The Morgan fingerprint density at radius 1 is 1.19 bits per heavy atom. The van der Waals surface area contributed by atoms with Crippen molar-refractivity contribution in [1.29, 1.82) is 5.26 Å². The zero-order valence-corrected chi connectivity index (χ0v) is 17.8. The lowest BCUT2D eigenvalue weighted by atomic mass is 9.80. The van der Waals surface area contributed by atoms with Gasteiger partial charge in [0.25, 0.3) is 0 Å². The van der Waals surface area contributed by atoms with E-state index in [4.69, 9.17) is 19.9 Å². The molecule has 0 unspecified atom stereocenters. The third-order valence-electron chi connectivity index (χ3n) is 5.25. The second kappa shape index (κ2) is 8.92. The van der Waals surface area contributed by atoms with Crippen LogP contribution in [0.15, 0.2) is 59.2 Å². The SMILES string of the molecule is COC(=O)C1=C(C)OC(N)=C(C#N)[C@@H]1c1cc(COc2ccc(F)cc2)c(C)cc1C. The van der Waals surface area contributed by atoms with Crippen molar-refractivity contribution in [3.8, 4) is 11.8 Å². The van der Waals surface area contributed by atoms with E-state index in [0.717, 1.165) is 22.3 Å². The molecule has 1 aliphatic heterocycles. The van der Waals surface area contributed by atoms with Crippen LogP contribution in [0.2, 0.25) is 0 Å². The molecule has 2 aromatic carbocycles. The van der Waals surface area contributed by atoms with Crippen LogP contribution in [-0.4, -0.2) is 13.1 Å². The molecular weight excluding hydrogens is 399 g/mol. The molecule has 0 saturated carbocycles. The highest BCUT2D eigenvalue weighted by molar-refractivity contribution is 5.92.